The summed E-state index contributed by atoms with van der Waals surface area (Å²) in [5.74, 6) is 0. The van der Waals surface area contributed by atoms with Crippen LogP contribution in [0.4, 0.5) is 0 Å². The number of rotatable bonds is 1. The summed E-state index contributed by atoms with van der Waals surface area (Å²) in [4.78, 5) is 0. The van der Waals surface area contributed by atoms with Gasteiger partial charge in [-0.05, 0) is 25.8 Å². The van der Waals surface area contributed by atoms with Crippen molar-refractivity contribution < 1.29 is 9.84 Å². The summed E-state index contributed by atoms with van der Waals surface area (Å²) in [5.41, 5.74) is 0.0868. The molecule has 0 saturated carbocycles. The predicted molar refractivity (Wildman–Crippen MR) is 46.0 cm³/mol. The van der Waals surface area contributed by atoms with E-state index in [1.165, 1.54) is 0 Å². The molecule has 0 aromatic carbocycles. The minimum Gasteiger partial charge on any atom is -0.396 e. The van der Waals surface area contributed by atoms with Crippen molar-refractivity contribution in [2.24, 2.45) is 5.41 Å². The van der Waals surface area contributed by atoms with Gasteiger partial charge in [0.15, 0.2) is 0 Å². The second kappa shape index (κ2) is 3.32. The average Bonchev–Trinajstić information content (AvgIpc) is 2.18. The molecule has 2 N–H and O–H groups in total. The number of aliphatic hydroxyl groups excluding tert-OH is 1. The van der Waals surface area contributed by atoms with E-state index in [0.717, 1.165) is 39.0 Å². The van der Waals surface area contributed by atoms with Gasteiger partial charge in [0.2, 0.25) is 0 Å². The topological polar surface area (TPSA) is 41.5 Å². The van der Waals surface area contributed by atoms with Crippen LogP contribution in [0.25, 0.3) is 0 Å². The molecule has 2 fully saturated rings. The van der Waals surface area contributed by atoms with Crippen molar-refractivity contribution in [2.75, 3.05) is 26.3 Å². The quantitative estimate of drug-likeness (QED) is 0.589. The third kappa shape index (κ3) is 1.26. The fourth-order valence-electron chi connectivity index (χ4n) is 2.38. The van der Waals surface area contributed by atoms with Crippen molar-refractivity contribution in [1.29, 1.82) is 0 Å². The van der Waals surface area contributed by atoms with Crippen molar-refractivity contribution in [2.45, 2.75) is 25.4 Å². The van der Waals surface area contributed by atoms with E-state index in [0.29, 0.717) is 6.61 Å². The molecule has 0 amide bonds. The minimum atomic E-state index is 0.0868. The SMILES string of the molecule is OCC12CCCOC1CNCC2. The Morgan fingerprint density at radius 2 is 2.42 bits per heavy atom. The number of ether oxygens (including phenoxy) is 1. The molecular weight excluding hydrogens is 154 g/mol. The lowest BCUT2D eigenvalue weighted by molar-refractivity contribution is -0.119. The van der Waals surface area contributed by atoms with Gasteiger partial charge in [-0.1, -0.05) is 0 Å². The van der Waals surface area contributed by atoms with Crippen LogP contribution in [0.1, 0.15) is 19.3 Å². The van der Waals surface area contributed by atoms with E-state index in [4.69, 9.17) is 4.74 Å². The molecule has 3 heteroatoms. The number of hydrogen-bond donors (Lipinski definition) is 2. The Balaban J connectivity index is 2.10. The Kier molecular flexibility index (Phi) is 2.35. The second-order valence-corrected chi connectivity index (χ2v) is 3.94. The van der Waals surface area contributed by atoms with Gasteiger partial charge in [-0.3, -0.25) is 0 Å². The molecule has 2 heterocycles. The number of fused-ring (bicyclic) bond motifs is 1. The van der Waals surface area contributed by atoms with Crippen LogP contribution in [0.5, 0.6) is 0 Å². The minimum absolute atomic E-state index is 0.0868. The Morgan fingerprint density at radius 1 is 1.50 bits per heavy atom. The third-order valence-electron chi connectivity index (χ3n) is 3.27. The van der Waals surface area contributed by atoms with Crippen molar-refractivity contribution in [3.8, 4) is 0 Å². The summed E-state index contributed by atoms with van der Waals surface area (Å²) >= 11 is 0. The van der Waals surface area contributed by atoms with E-state index in [-0.39, 0.29) is 11.5 Å². The Labute approximate surface area is 73.1 Å². The molecule has 2 saturated heterocycles. The van der Waals surface area contributed by atoms with E-state index >= 15 is 0 Å². The van der Waals surface area contributed by atoms with E-state index < -0.39 is 0 Å². The molecule has 70 valence electrons. The zero-order chi connectivity index (χ0) is 8.44. The predicted octanol–water partition coefficient (Wildman–Crippen LogP) is 0.137. The Bertz CT molecular complexity index is 149. The number of piperidine rings is 1. The van der Waals surface area contributed by atoms with Gasteiger partial charge in [-0.15, -0.1) is 0 Å². The number of hydrogen-bond acceptors (Lipinski definition) is 3. The van der Waals surface area contributed by atoms with E-state index in [2.05, 4.69) is 5.32 Å². The molecule has 2 atom stereocenters. The standard InChI is InChI=1S/C9H17NO2/c11-7-9-2-1-5-12-8(9)6-10-4-3-9/h8,10-11H,1-7H2. The lowest BCUT2D eigenvalue weighted by Gasteiger charge is -2.46. The molecule has 0 radical (unpaired) electrons. The maximum atomic E-state index is 9.37. The van der Waals surface area contributed by atoms with Crippen molar-refractivity contribution in [3.63, 3.8) is 0 Å². The molecule has 0 aromatic heterocycles. The Hall–Kier alpha value is -0.120. The first-order valence-electron chi connectivity index (χ1n) is 4.81. The van der Waals surface area contributed by atoms with Gasteiger partial charge in [0.1, 0.15) is 0 Å². The summed E-state index contributed by atoms with van der Waals surface area (Å²) in [5, 5.41) is 12.7. The maximum absolute atomic E-state index is 9.37. The van der Waals surface area contributed by atoms with Gasteiger partial charge in [0.05, 0.1) is 12.7 Å². The third-order valence-corrected chi connectivity index (χ3v) is 3.27. The van der Waals surface area contributed by atoms with Crippen molar-refractivity contribution >= 4 is 0 Å². The molecule has 2 rings (SSSR count). The highest BCUT2D eigenvalue weighted by Crippen LogP contribution is 2.38. The molecular formula is C9H17NO2. The van der Waals surface area contributed by atoms with Crippen LogP contribution < -0.4 is 5.32 Å². The molecule has 0 spiro atoms. The highest BCUT2D eigenvalue weighted by Gasteiger charge is 2.42. The first-order valence-corrected chi connectivity index (χ1v) is 4.81. The van der Waals surface area contributed by atoms with Gasteiger partial charge in [-0.2, -0.15) is 0 Å². The summed E-state index contributed by atoms with van der Waals surface area (Å²) in [6.45, 7) is 3.11. The lowest BCUT2D eigenvalue weighted by Crippen LogP contribution is -2.54. The van der Waals surface area contributed by atoms with Crippen LogP contribution in [0.15, 0.2) is 0 Å². The smallest absolute Gasteiger partial charge is 0.0777 e. The highest BCUT2D eigenvalue weighted by atomic mass is 16.5. The number of aliphatic hydroxyl groups is 1. The summed E-state index contributed by atoms with van der Waals surface area (Å²) in [6, 6.07) is 0. The van der Waals surface area contributed by atoms with Gasteiger partial charge in [0.25, 0.3) is 0 Å². The second-order valence-electron chi connectivity index (χ2n) is 3.94. The van der Waals surface area contributed by atoms with Crippen LogP contribution in [-0.4, -0.2) is 37.5 Å². The van der Waals surface area contributed by atoms with Crippen LogP contribution >= 0.6 is 0 Å². The molecule has 12 heavy (non-hydrogen) atoms. The van der Waals surface area contributed by atoms with Gasteiger partial charge in [0, 0.05) is 18.6 Å². The lowest BCUT2D eigenvalue weighted by atomic mass is 9.72. The summed E-state index contributed by atoms with van der Waals surface area (Å²) < 4.78 is 5.65. The molecule has 0 aliphatic carbocycles. The number of nitrogens with one attached hydrogen (secondary N) is 1. The molecule has 2 unspecified atom stereocenters. The Morgan fingerprint density at radius 3 is 3.17 bits per heavy atom. The fourth-order valence-corrected chi connectivity index (χ4v) is 2.38. The van der Waals surface area contributed by atoms with Gasteiger partial charge >= 0.3 is 0 Å². The van der Waals surface area contributed by atoms with Crippen LogP contribution in [0, 0.1) is 5.41 Å². The molecule has 2 aliphatic rings. The zero-order valence-corrected chi connectivity index (χ0v) is 7.38. The molecule has 0 bridgehead atoms. The molecule has 0 aromatic rings. The van der Waals surface area contributed by atoms with Crippen molar-refractivity contribution in [1.82, 2.24) is 5.32 Å². The zero-order valence-electron chi connectivity index (χ0n) is 7.38. The monoisotopic (exact) mass is 171 g/mol. The first kappa shape index (κ1) is 8.48. The fraction of sp³-hybridized carbons (Fsp3) is 1.00. The summed E-state index contributed by atoms with van der Waals surface area (Å²) in [6.07, 6.45) is 3.56. The van der Waals surface area contributed by atoms with Crippen LogP contribution in [0.3, 0.4) is 0 Å². The average molecular weight is 171 g/mol. The molecule has 3 nitrogen and oxygen atoms in total. The van der Waals surface area contributed by atoms with Gasteiger partial charge < -0.3 is 15.2 Å². The van der Waals surface area contributed by atoms with E-state index in [1.54, 1.807) is 0 Å². The molecule has 2 aliphatic heterocycles. The van der Waals surface area contributed by atoms with Crippen molar-refractivity contribution in [3.05, 3.63) is 0 Å². The maximum Gasteiger partial charge on any atom is 0.0777 e. The van der Waals surface area contributed by atoms with Gasteiger partial charge in [-0.25, -0.2) is 0 Å². The highest BCUT2D eigenvalue weighted by molar-refractivity contribution is 4.94. The van der Waals surface area contributed by atoms with E-state index in [1.807, 2.05) is 0 Å². The van der Waals surface area contributed by atoms with E-state index in [9.17, 15) is 5.11 Å². The van der Waals surface area contributed by atoms with Crippen LogP contribution in [0.2, 0.25) is 0 Å². The van der Waals surface area contributed by atoms with Crippen LogP contribution in [-0.2, 0) is 4.74 Å². The normalized spacial score (nSPS) is 42.2. The largest absolute Gasteiger partial charge is 0.396 e. The summed E-state index contributed by atoms with van der Waals surface area (Å²) in [7, 11) is 0. The first-order chi connectivity index (χ1) is 5.87.